The Bertz CT molecular complexity index is 1110. The van der Waals surface area contributed by atoms with Gasteiger partial charge in [0, 0.05) is 54.7 Å². The van der Waals surface area contributed by atoms with Crippen molar-refractivity contribution in [1.29, 1.82) is 0 Å². The van der Waals surface area contributed by atoms with Crippen LogP contribution < -0.4 is 16.2 Å². The summed E-state index contributed by atoms with van der Waals surface area (Å²) in [5, 5.41) is 6.86. The quantitative estimate of drug-likeness (QED) is 0.494. The molecule has 0 bridgehead atoms. The zero-order valence-corrected chi connectivity index (χ0v) is 19.3. The third-order valence-electron chi connectivity index (χ3n) is 5.38. The molecule has 6 nitrogen and oxygen atoms in total. The van der Waals surface area contributed by atoms with Gasteiger partial charge >= 0.3 is 0 Å². The molecule has 0 unspecified atom stereocenters. The Labute approximate surface area is 193 Å². The van der Waals surface area contributed by atoms with E-state index in [0.29, 0.717) is 36.6 Å². The van der Waals surface area contributed by atoms with Crippen LogP contribution in [0.25, 0.3) is 0 Å². The lowest BCUT2D eigenvalue weighted by Crippen LogP contribution is -2.31. The molecule has 0 aliphatic rings. The summed E-state index contributed by atoms with van der Waals surface area (Å²) in [6, 6.07) is 13.3. The largest absolute Gasteiger partial charge is 0.352 e. The Morgan fingerprint density at radius 3 is 2.72 bits per heavy atom. The molecule has 0 aliphatic carbocycles. The fourth-order valence-corrected chi connectivity index (χ4v) is 3.69. The van der Waals surface area contributed by atoms with Crippen LogP contribution in [0, 0.1) is 6.92 Å². The van der Waals surface area contributed by atoms with Crippen LogP contribution in [-0.4, -0.2) is 22.0 Å². The van der Waals surface area contributed by atoms with E-state index in [0.717, 1.165) is 28.9 Å². The molecule has 0 radical (unpaired) electrons. The molecule has 0 spiro atoms. The molecule has 2 heterocycles. The highest BCUT2D eigenvalue weighted by molar-refractivity contribution is 6.30. The molecule has 0 fully saturated rings. The van der Waals surface area contributed by atoms with Gasteiger partial charge in [-0.1, -0.05) is 30.7 Å². The molecule has 2 aromatic heterocycles. The number of aryl methyl sites for hydroxylation is 3. The van der Waals surface area contributed by atoms with Crippen molar-refractivity contribution in [3.05, 3.63) is 98.2 Å². The van der Waals surface area contributed by atoms with Gasteiger partial charge in [-0.3, -0.25) is 14.6 Å². The number of amides is 1. The van der Waals surface area contributed by atoms with Crippen LogP contribution in [0.3, 0.4) is 0 Å². The molecule has 0 saturated heterocycles. The topological polar surface area (TPSA) is 76.0 Å². The lowest BCUT2D eigenvalue weighted by Gasteiger charge is -2.13. The van der Waals surface area contributed by atoms with Gasteiger partial charge in [0.2, 0.25) is 5.91 Å². The minimum absolute atomic E-state index is 0.0399. The average Bonchev–Trinajstić information content (AvgIpc) is 2.80. The Morgan fingerprint density at radius 2 is 1.97 bits per heavy atom. The van der Waals surface area contributed by atoms with E-state index in [1.54, 1.807) is 17.0 Å². The van der Waals surface area contributed by atoms with Gasteiger partial charge in [-0.25, -0.2) is 0 Å². The molecular weight excluding hydrogens is 424 g/mol. The van der Waals surface area contributed by atoms with Gasteiger partial charge in [0.25, 0.3) is 5.56 Å². The first-order valence-electron chi connectivity index (χ1n) is 10.8. The second-order valence-corrected chi connectivity index (χ2v) is 8.13. The first kappa shape index (κ1) is 23.7. The molecule has 3 aromatic rings. The summed E-state index contributed by atoms with van der Waals surface area (Å²) >= 11 is 6.15. The van der Waals surface area contributed by atoms with E-state index in [2.05, 4.69) is 15.6 Å². The number of benzene rings is 1. The van der Waals surface area contributed by atoms with Gasteiger partial charge in [-0.15, -0.1) is 0 Å². The van der Waals surface area contributed by atoms with Crippen molar-refractivity contribution >= 4 is 17.5 Å². The van der Waals surface area contributed by atoms with Crippen molar-refractivity contribution in [2.45, 2.75) is 46.3 Å². The number of aromatic nitrogens is 2. The number of nitrogens with zero attached hydrogens (tertiary/aromatic N) is 2. The fourth-order valence-electron chi connectivity index (χ4n) is 3.49. The van der Waals surface area contributed by atoms with E-state index >= 15 is 0 Å². The molecule has 1 amide bonds. The predicted octanol–water partition coefficient (Wildman–Crippen LogP) is 3.42. The Balaban J connectivity index is 1.66. The first-order valence-corrected chi connectivity index (χ1v) is 11.2. The number of carbonyl (C=O) groups excluding carboxylic acids is 1. The monoisotopic (exact) mass is 452 g/mol. The van der Waals surface area contributed by atoms with Crippen LogP contribution in [0.4, 0.5) is 0 Å². The normalized spacial score (nSPS) is 10.8. The molecule has 2 N–H and O–H groups in total. The van der Waals surface area contributed by atoms with Crippen LogP contribution >= 0.6 is 11.6 Å². The molecular formula is C25H29ClN4O2. The standard InChI is InChI=1S/C25H29ClN4O2/c1-3-27-16-19-7-8-21(26)14-20(19)17-29-24(31)15-23-18(2)9-12-30(25(23)32)13-10-22-6-4-5-11-28-22/h4-9,11-12,14,27H,3,10,13,15-17H2,1-2H3,(H,29,31). The predicted molar refractivity (Wildman–Crippen MR) is 128 cm³/mol. The van der Waals surface area contributed by atoms with Crippen LogP contribution in [0.2, 0.25) is 5.02 Å². The average molecular weight is 453 g/mol. The van der Waals surface area contributed by atoms with Crippen molar-refractivity contribution in [2.24, 2.45) is 0 Å². The Hall–Kier alpha value is -2.96. The van der Waals surface area contributed by atoms with E-state index in [4.69, 9.17) is 11.6 Å². The van der Waals surface area contributed by atoms with Gasteiger partial charge < -0.3 is 15.2 Å². The summed E-state index contributed by atoms with van der Waals surface area (Å²) in [7, 11) is 0. The number of halogens is 1. The van der Waals surface area contributed by atoms with E-state index in [-0.39, 0.29) is 17.9 Å². The number of carbonyl (C=O) groups is 1. The van der Waals surface area contributed by atoms with E-state index in [1.807, 2.05) is 56.3 Å². The van der Waals surface area contributed by atoms with Crippen molar-refractivity contribution in [3.63, 3.8) is 0 Å². The lowest BCUT2D eigenvalue weighted by molar-refractivity contribution is -0.120. The number of hydrogen-bond donors (Lipinski definition) is 2. The van der Waals surface area contributed by atoms with E-state index in [1.165, 1.54) is 0 Å². The molecule has 32 heavy (non-hydrogen) atoms. The summed E-state index contributed by atoms with van der Waals surface area (Å²) in [4.78, 5) is 30.0. The second kappa shape index (κ2) is 11.6. The van der Waals surface area contributed by atoms with Crippen molar-refractivity contribution in [3.8, 4) is 0 Å². The Morgan fingerprint density at radius 1 is 1.12 bits per heavy atom. The SMILES string of the molecule is CCNCc1ccc(Cl)cc1CNC(=O)Cc1c(C)ccn(CCc2ccccn2)c1=O. The second-order valence-electron chi connectivity index (χ2n) is 7.69. The third-order valence-corrected chi connectivity index (χ3v) is 5.62. The molecule has 0 atom stereocenters. The highest BCUT2D eigenvalue weighted by Gasteiger charge is 2.13. The van der Waals surface area contributed by atoms with E-state index < -0.39 is 0 Å². The van der Waals surface area contributed by atoms with Crippen LogP contribution in [0.1, 0.15) is 34.9 Å². The summed E-state index contributed by atoms with van der Waals surface area (Å²) < 4.78 is 1.65. The van der Waals surface area contributed by atoms with Crippen LogP contribution in [0.15, 0.2) is 59.7 Å². The van der Waals surface area contributed by atoms with E-state index in [9.17, 15) is 9.59 Å². The highest BCUT2D eigenvalue weighted by atomic mass is 35.5. The summed E-state index contributed by atoms with van der Waals surface area (Å²) in [6.45, 7) is 6.34. The number of hydrogen-bond acceptors (Lipinski definition) is 4. The van der Waals surface area contributed by atoms with Crippen molar-refractivity contribution in [2.75, 3.05) is 6.54 Å². The maximum Gasteiger partial charge on any atom is 0.254 e. The maximum absolute atomic E-state index is 13.0. The minimum Gasteiger partial charge on any atom is -0.352 e. The molecule has 0 aliphatic heterocycles. The summed E-state index contributed by atoms with van der Waals surface area (Å²) in [5.41, 5.74) is 4.18. The molecule has 3 rings (SSSR count). The molecule has 168 valence electrons. The maximum atomic E-state index is 13.0. The van der Waals surface area contributed by atoms with Gasteiger partial charge in [0.05, 0.1) is 6.42 Å². The van der Waals surface area contributed by atoms with Gasteiger partial charge in [0.15, 0.2) is 0 Å². The smallest absolute Gasteiger partial charge is 0.254 e. The summed E-state index contributed by atoms with van der Waals surface area (Å²) in [5.74, 6) is -0.193. The van der Waals surface area contributed by atoms with Gasteiger partial charge in [-0.05, 0) is 60.5 Å². The summed E-state index contributed by atoms with van der Waals surface area (Å²) in [6.07, 6.45) is 4.21. The molecule has 7 heteroatoms. The molecule has 0 saturated carbocycles. The van der Waals surface area contributed by atoms with Crippen LogP contribution in [-0.2, 0) is 37.3 Å². The van der Waals surface area contributed by atoms with Crippen molar-refractivity contribution < 1.29 is 4.79 Å². The van der Waals surface area contributed by atoms with Crippen LogP contribution in [0.5, 0.6) is 0 Å². The zero-order valence-electron chi connectivity index (χ0n) is 18.5. The zero-order chi connectivity index (χ0) is 22.9. The highest BCUT2D eigenvalue weighted by Crippen LogP contribution is 2.16. The number of nitrogens with one attached hydrogen (secondary N) is 2. The van der Waals surface area contributed by atoms with Gasteiger partial charge in [0.1, 0.15) is 0 Å². The number of rotatable bonds is 10. The minimum atomic E-state index is -0.193. The third kappa shape index (κ3) is 6.52. The lowest BCUT2D eigenvalue weighted by atomic mass is 10.1. The first-order chi connectivity index (χ1) is 15.5. The van der Waals surface area contributed by atoms with Gasteiger partial charge in [-0.2, -0.15) is 0 Å². The Kier molecular flexibility index (Phi) is 8.59. The molecule has 1 aromatic carbocycles. The van der Waals surface area contributed by atoms with Crippen molar-refractivity contribution in [1.82, 2.24) is 20.2 Å². The number of pyridine rings is 2. The fraction of sp³-hybridized carbons (Fsp3) is 0.320.